The monoisotopic (exact) mass is 280 g/mol. The number of hydrogen-bond donors (Lipinski definition) is 3. The smallest absolute Gasteiger partial charge is 0.319 e. The molecular weight excluding hydrogens is 264 g/mol. The summed E-state index contributed by atoms with van der Waals surface area (Å²) >= 11 is 1.51. The molecule has 2 amide bonds. The van der Waals surface area contributed by atoms with E-state index in [1.54, 1.807) is 0 Å². The van der Waals surface area contributed by atoms with Crippen molar-refractivity contribution in [1.82, 2.24) is 5.32 Å². The lowest BCUT2D eigenvalue weighted by atomic mass is 9.84. The second-order valence-corrected chi connectivity index (χ2v) is 6.11. The van der Waals surface area contributed by atoms with Gasteiger partial charge in [0.05, 0.1) is 11.6 Å². The number of anilines is 1. The molecule has 1 aromatic heterocycles. The van der Waals surface area contributed by atoms with Gasteiger partial charge in [-0.25, -0.2) is 4.79 Å². The molecule has 0 radical (unpaired) electrons. The Morgan fingerprint density at radius 1 is 1.32 bits per heavy atom. The molecule has 1 aromatic rings. The number of amides is 2. The van der Waals surface area contributed by atoms with E-state index in [1.807, 2.05) is 16.8 Å². The van der Waals surface area contributed by atoms with Crippen LogP contribution in [0.25, 0.3) is 0 Å². The summed E-state index contributed by atoms with van der Waals surface area (Å²) in [5, 5.41) is 18.6. The maximum absolute atomic E-state index is 11.9. The van der Waals surface area contributed by atoms with Gasteiger partial charge in [-0.05, 0) is 42.5 Å². The van der Waals surface area contributed by atoms with Crippen molar-refractivity contribution in [3.8, 4) is 0 Å². The van der Waals surface area contributed by atoms with E-state index in [9.17, 15) is 14.7 Å². The Balaban J connectivity index is 1.65. The van der Waals surface area contributed by atoms with Gasteiger partial charge >= 0.3 is 12.0 Å². The molecule has 4 unspecified atom stereocenters. The Labute approximate surface area is 115 Å². The van der Waals surface area contributed by atoms with Crippen LogP contribution in [-0.4, -0.2) is 23.1 Å². The van der Waals surface area contributed by atoms with E-state index < -0.39 is 11.9 Å². The average molecular weight is 280 g/mol. The van der Waals surface area contributed by atoms with Gasteiger partial charge in [-0.1, -0.05) is 0 Å². The first-order valence-electron chi connectivity index (χ1n) is 6.47. The quantitative estimate of drug-likeness (QED) is 0.795. The van der Waals surface area contributed by atoms with Crippen molar-refractivity contribution in [3.63, 3.8) is 0 Å². The molecule has 0 saturated heterocycles. The summed E-state index contributed by atoms with van der Waals surface area (Å²) in [5.74, 6) is -0.659. The molecule has 2 aliphatic rings. The third-order valence-corrected chi connectivity index (χ3v) is 4.96. The summed E-state index contributed by atoms with van der Waals surface area (Å²) in [5.41, 5.74) is 0.748. The number of carbonyl (C=O) groups excluding carboxylic acids is 1. The van der Waals surface area contributed by atoms with Crippen LogP contribution < -0.4 is 10.6 Å². The molecule has 5 nitrogen and oxygen atoms in total. The molecule has 102 valence electrons. The topological polar surface area (TPSA) is 78.4 Å². The predicted molar refractivity (Wildman–Crippen MR) is 72.2 cm³/mol. The minimum atomic E-state index is -0.784. The second kappa shape index (κ2) is 4.85. The van der Waals surface area contributed by atoms with Crippen LogP contribution in [0, 0.1) is 17.8 Å². The van der Waals surface area contributed by atoms with Crippen molar-refractivity contribution < 1.29 is 14.7 Å². The number of carboxylic acids is 1. The summed E-state index contributed by atoms with van der Waals surface area (Å²) in [6, 6.07) is 1.29. The number of fused-ring (bicyclic) bond motifs is 2. The van der Waals surface area contributed by atoms with Crippen molar-refractivity contribution in [2.45, 2.75) is 25.3 Å². The van der Waals surface area contributed by atoms with E-state index in [4.69, 9.17) is 0 Å². The van der Waals surface area contributed by atoms with Gasteiger partial charge in [0.25, 0.3) is 0 Å². The highest BCUT2D eigenvalue weighted by molar-refractivity contribution is 7.08. The largest absolute Gasteiger partial charge is 0.481 e. The van der Waals surface area contributed by atoms with E-state index in [0.717, 1.165) is 24.9 Å². The first kappa shape index (κ1) is 12.5. The lowest BCUT2D eigenvalue weighted by Gasteiger charge is -2.28. The third kappa shape index (κ3) is 2.32. The van der Waals surface area contributed by atoms with E-state index >= 15 is 0 Å². The van der Waals surface area contributed by atoms with Crippen LogP contribution in [-0.2, 0) is 4.79 Å². The maximum Gasteiger partial charge on any atom is 0.319 e. The van der Waals surface area contributed by atoms with Crippen LogP contribution in [0.2, 0.25) is 0 Å². The Kier molecular flexibility index (Phi) is 3.18. The number of hydrogen-bond acceptors (Lipinski definition) is 3. The van der Waals surface area contributed by atoms with Crippen LogP contribution in [0.4, 0.5) is 10.5 Å². The highest BCUT2D eigenvalue weighted by Crippen LogP contribution is 2.48. The van der Waals surface area contributed by atoms with Crippen molar-refractivity contribution >= 4 is 29.0 Å². The Morgan fingerprint density at radius 2 is 2.11 bits per heavy atom. The molecule has 19 heavy (non-hydrogen) atoms. The summed E-state index contributed by atoms with van der Waals surface area (Å²) < 4.78 is 0. The van der Waals surface area contributed by atoms with Crippen molar-refractivity contribution in [1.29, 1.82) is 0 Å². The first-order valence-corrected chi connectivity index (χ1v) is 7.42. The molecule has 3 rings (SSSR count). The van der Waals surface area contributed by atoms with Crippen molar-refractivity contribution in [3.05, 3.63) is 16.8 Å². The molecule has 2 bridgehead atoms. The van der Waals surface area contributed by atoms with Gasteiger partial charge in [0.1, 0.15) is 0 Å². The second-order valence-electron chi connectivity index (χ2n) is 5.33. The van der Waals surface area contributed by atoms with Crippen LogP contribution in [0.1, 0.15) is 19.3 Å². The number of carboxylic acid groups (broad SMARTS) is 1. The van der Waals surface area contributed by atoms with Gasteiger partial charge < -0.3 is 15.7 Å². The van der Waals surface area contributed by atoms with Gasteiger partial charge in [0.15, 0.2) is 0 Å². The summed E-state index contributed by atoms with van der Waals surface area (Å²) in [7, 11) is 0. The van der Waals surface area contributed by atoms with Crippen molar-refractivity contribution in [2.75, 3.05) is 5.32 Å². The summed E-state index contributed by atoms with van der Waals surface area (Å²) in [6.07, 6.45) is 2.93. The molecule has 3 N–H and O–H groups in total. The lowest BCUT2D eigenvalue weighted by Crippen LogP contribution is -2.48. The van der Waals surface area contributed by atoms with Gasteiger partial charge in [0, 0.05) is 11.4 Å². The Morgan fingerprint density at radius 3 is 2.79 bits per heavy atom. The maximum atomic E-state index is 11.9. The van der Waals surface area contributed by atoms with E-state index in [0.29, 0.717) is 5.92 Å². The van der Waals surface area contributed by atoms with E-state index in [1.165, 1.54) is 11.3 Å². The number of nitrogens with one attached hydrogen (secondary N) is 2. The summed E-state index contributed by atoms with van der Waals surface area (Å²) in [4.78, 5) is 23.2. The number of thiophene rings is 1. The normalized spacial score (nSPS) is 32.2. The number of aliphatic carboxylic acids is 1. The highest BCUT2D eigenvalue weighted by atomic mass is 32.1. The molecule has 2 fully saturated rings. The number of urea groups is 1. The first-order chi connectivity index (χ1) is 9.15. The molecule has 2 aliphatic carbocycles. The van der Waals surface area contributed by atoms with Crippen molar-refractivity contribution in [2.24, 2.45) is 17.8 Å². The molecule has 4 atom stereocenters. The van der Waals surface area contributed by atoms with Gasteiger partial charge in [-0.15, -0.1) is 0 Å². The number of rotatable bonds is 3. The van der Waals surface area contributed by atoms with Crippen LogP contribution >= 0.6 is 11.3 Å². The molecule has 0 aromatic carbocycles. The Hall–Kier alpha value is -1.56. The van der Waals surface area contributed by atoms with Crippen LogP contribution in [0.15, 0.2) is 16.8 Å². The van der Waals surface area contributed by atoms with Gasteiger partial charge in [0.2, 0.25) is 0 Å². The van der Waals surface area contributed by atoms with E-state index in [2.05, 4.69) is 10.6 Å². The molecule has 1 heterocycles. The highest BCUT2D eigenvalue weighted by Gasteiger charge is 2.51. The zero-order valence-corrected chi connectivity index (χ0v) is 11.2. The molecule has 6 heteroatoms. The SMILES string of the molecule is O=C(Nc1ccsc1)NC1C2CCC(C2)C1C(=O)O. The lowest BCUT2D eigenvalue weighted by molar-refractivity contribution is -0.144. The standard InChI is InChI=1S/C13H16N2O3S/c16-12(17)10-7-1-2-8(5-7)11(10)15-13(18)14-9-3-4-19-6-9/h3-4,6-8,10-11H,1-2,5H2,(H,16,17)(H2,14,15,18). The average Bonchev–Trinajstić information content (AvgIpc) is 3.03. The fourth-order valence-electron chi connectivity index (χ4n) is 3.51. The fraction of sp³-hybridized carbons (Fsp3) is 0.538. The minimum absolute atomic E-state index is 0.227. The molecular formula is C13H16N2O3S. The Bertz CT molecular complexity index is 488. The van der Waals surface area contributed by atoms with E-state index in [-0.39, 0.29) is 18.0 Å². The minimum Gasteiger partial charge on any atom is -0.481 e. The predicted octanol–water partition coefficient (Wildman–Crippen LogP) is 2.37. The zero-order valence-electron chi connectivity index (χ0n) is 10.3. The zero-order chi connectivity index (χ0) is 13.4. The summed E-state index contributed by atoms with van der Waals surface area (Å²) in [6.45, 7) is 0. The molecule has 0 aliphatic heterocycles. The fourth-order valence-corrected chi connectivity index (χ4v) is 4.10. The van der Waals surface area contributed by atoms with Crippen LogP contribution in [0.3, 0.4) is 0 Å². The van der Waals surface area contributed by atoms with Gasteiger partial charge in [-0.2, -0.15) is 11.3 Å². The van der Waals surface area contributed by atoms with Gasteiger partial charge in [-0.3, -0.25) is 4.79 Å². The molecule has 0 spiro atoms. The molecule has 2 saturated carbocycles. The third-order valence-electron chi connectivity index (χ3n) is 4.28. The van der Waals surface area contributed by atoms with Crippen LogP contribution in [0.5, 0.6) is 0 Å². The number of carbonyl (C=O) groups is 2.